The lowest BCUT2D eigenvalue weighted by Crippen LogP contribution is -2.14. The number of rotatable bonds is 5. The molecule has 0 fully saturated rings. The summed E-state index contributed by atoms with van der Waals surface area (Å²) in [5.41, 5.74) is 0.191. The van der Waals surface area contributed by atoms with Crippen LogP contribution >= 0.6 is 23.2 Å². The van der Waals surface area contributed by atoms with Gasteiger partial charge in [0.1, 0.15) is 5.75 Å². The van der Waals surface area contributed by atoms with Gasteiger partial charge in [0.25, 0.3) is 5.24 Å². The second-order valence-electron chi connectivity index (χ2n) is 3.01. The van der Waals surface area contributed by atoms with Gasteiger partial charge in [0.2, 0.25) is 0 Å². The van der Waals surface area contributed by atoms with Crippen LogP contribution in [-0.2, 0) is 9.53 Å². The van der Waals surface area contributed by atoms with Crippen molar-refractivity contribution >= 4 is 34.4 Å². The summed E-state index contributed by atoms with van der Waals surface area (Å²) in [4.78, 5) is 21.9. The van der Waals surface area contributed by atoms with E-state index < -0.39 is 11.2 Å². The quantitative estimate of drug-likeness (QED) is 0.613. The molecule has 0 N–H and O–H groups in total. The summed E-state index contributed by atoms with van der Waals surface area (Å²) >= 11 is 11.1. The SMILES string of the molecule is CCOC(=O)COc1ccc(C(=O)Cl)c(Cl)c1. The first-order valence-electron chi connectivity index (χ1n) is 4.82. The lowest BCUT2D eigenvalue weighted by Gasteiger charge is -2.07. The molecule has 0 bridgehead atoms. The van der Waals surface area contributed by atoms with Gasteiger partial charge in [-0.3, -0.25) is 4.79 Å². The predicted molar refractivity (Wildman–Crippen MR) is 63.8 cm³/mol. The standard InChI is InChI=1S/C11H10Cl2O4/c1-2-16-10(14)6-17-7-3-4-8(11(13)15)9(12)5-7/h3-5H,2,6H2,1H3. The fourth-order valence-corrected chi connectivity index (χ4v) is 1.56. The lowest BCUT2D eigenvalue weighted by atomic mass is 10.2. The highest BCUT2D eigenvalue weighted by Gasteiger charge is 2.09. The average Bonchev–Trinajstić information content (AvgIpc) is 2.26. The molecule has 4 nitrogen and oxygen atoms in total. The van der Waals surface area contributed by atoms with Crippen molar-refractivity contribution in [3.05, 3.63) is 28.8 Å². The number of ether oxygens (including phenoxy) is 2. The lowest BCUT2D eigenvalue weighted by molar-refractivity contribution is -0.145. The van der Waals surface area contributed by atoms with Crippen molar-refractivity contribution < 1.29 is 19.1 Å². The molecule has 92 valence electrons. The van der Waals surface area contributed by atoms with Crippen LogP contribution in [0.1, 0.15) is 17.3 Å². The van der Waals surface area contributed by atoms with Crippen molar-refractivity contribution in [2.45, 2.75) is 6.92 Å². The van der Waals surface area contributed by atoms with E-state index in [9.17, 15) is 9.59 Å². The van der Waals surface area contributed by atoms with E-state index in [1.54, 1.807) is 6.92 Å². The van der Waals surface area contributed by atoms with E-state index >= 15 is 0 Å². The fraction of sp³-hybridized carbons (Fsp3) is 0.273. The summed E-state index contributed by atoms with van der Waals surface area (Å²) < 4.78 is 9.81. The van der Waals surface area contributed by atoms with Crippen LogP contribution in [0.5, 0.6) is 5.75 Å². The maximum atomic E-state index is 11.0. The molecule has 0 amide bonds. The van der Waals surface area contributed by atoms with Crippen molar-refractivity contribution in [2.24, 2.45) is 0 Å². The molecule has 0 atom stereocenters. The molecule has 1 rings (SSSR count). The highest BCUT2D eigenvalue weighted by molar-refractivity contribution is 6.68. The minimum atomic E-state index is -0.646. The van der Waals surface area contributed by atoms with Gasteiger partial charge in [-0.2, -0.15) is 0 Å². The molecule has 0 heterocycles. The summed E-state index contributed by atoms with van der Waals surface area (Å²) in [6.07, 6.45) is 0. The molecule has 0 aliphatic carbocycles. The van der Waals surface area contributed by atoms with Crippen LogP contribution in [0.15, 0.2) is 18.2 Å². The molecule has 6 heteroatoms. The summed E-state index contributed by atoms with van der Waals surface area (Å²) in [5, 5.41) is -0.474. The minimum absolute atomic E-state index is 0.173. The molecule has 1 aromatic rings. The van der Waals surface area contributed by atoms with E-state index in [0.29, 0.717) is 12.4 Å². The monoisotopic (exact) mass is 276 g/mol. The number of carbonyl (C=O) groups is 2. The normalized spacial score (nSPS) is 9.82. The topological polar surface area (TPSA) is 52.6 Å². The zero-order valence-corrected chi connectivity index (χ0v) is 10.5. The molecular formula is C11H10Cl2O4. The number of hydrogen-bond donors (Lipinski definition) is 0. The van der Waals surface area contributed by atoms with Gasteiger partial charge >= 0.3 is 5.97 Å². The third-order valence-electron chi connectivity index (χ3n) is 1.81. The Labute approximate surface area is 108 Å². The van der Waals surface area contributed by atoms with Crippen LogP contribution < -0.4 is 4.74 Å². The van der Waals surface area contributed by atoms with Crippen LogP contribution in [-0.4, -0.2) is 24.4 Å². The summed E-state index contributed by atoms with van der Waals surface area (Å²) in [6.45, 7) is 1.79. The van der Waals surface area contributed by atoms with Crippen LogP contribution in [0.2, 0.25) is 5.02 Å². The minimum Gasteiger partial charge on any atom is -0.482 e. The Morgan fingerprint density at radius 2 is 2.06 bits per heavy atom. The van der Waals surface area contributed by atoms with E-state index in [1.807, 2.05) is 0 Å². The molecule has 0 aromatic heterocycles. The van der Waals surface area contributed by atoms with Crippen molar-refractivity contribution in [3.63, 3.8) is 0 Å². The van der Waals surface area contributed by atoms with Gasteiger partial charge in [-0.05, 0) is 36.7 Å². The Balaban J connectivity index is 2.65. The fourth-order valence-electron chi connectivity index (χ4n) is 1.09. The predicted octanol–water partition coefficient (Wildman–Crippen LogP) is 2.66. The first kappa shape index (κ1) is 13.8. The Morgan fingerprint density at radius 1 is 1.35 bits per heavy atom. The molecule has 0 aliphatic rings. The Kier molecular flexibility index (Phi) is 5.25. The molecule has 0 aliphatic heterocycles. The first-order valence-corrected chi connectivity index (χ1v) is 5.58. The summed E-state index contributed by atoms with van der Waals surface area (Å²) in [5.74, 6) is -0.106. The number of halogens is 2. The third-order valence-corrected chi connectivity index (χ3v) is 2.33. The third kappa shape index (κ3) is 4.24. The van der Waals surface area contributed by atoms with Gasteiger partial charge < -0.3 is 9.47 Å². The molecule has 17 heavy (non-hydrogen) atoms. The number of carbonyl (C=O) groups excluding carboxylic acids is 2. The van der Waals surface area contributed by atoms with E-state index in [-0.39, 0.29) is 17.2 Å². The summed E-state index contributed by atoms with van der Waals surface area (Å²) in [6, 6.07) is 4.34. The van der Waals surface area contributed by atoms with Gasteiger partial charge in [0.15, 0.2) is 6.61 Å². The van der Waals surface area contributed by atoms with E-state index in [2.05, 4.69) is 4.74 Å². The number of benzene rings is 1. The second kappa shape index (κ2) is 6.47. The van der Waals surface area contributed by atoms with Gasteiger partial charge in [-0.25, -0.2) is 4.79 Å². The molecule has 0 unspecified atom stereocenters. The maximum absolute atomic E-state index is 11.0. The van der Waals surface area contributed by atoms with Crippen molar-refractivity contribution in [1.29, 1.82) is 0 Å². The van der Waals surface area contributed by atoms with Gasteiger partial charge in [0, 0.05) is 0 Å². The maximum Gasteiger partial charge on any atom is 0.344 e. The zero-order chi connectivity index (χ0) is 12.8. The van der Waals surface area contributed by atoms with Crippen LogP contribution in [0.25, 0.3) is 0 Å². The molecule has 0 radical (unpaired) electrons. The average molecular weight is 277 g/mol. The highest BCUT2D eigenvalue weighted by atomic mass is 35.5. The van der Waals surface area contributed by atoms with Crippen LogP contribution in [0.4, 0.5) is 0 Å². The van der Waals surface area contributed by atoms with Crippen molar-refractivity contribution in [1.82, 2.24) is 0 Å². The first-order chi connectivity index (χ1) is 8.04. The largest absolute Gasteiger partial charge is 0.482 e. The summed E-state index contributed by atoms with van der Waals surface area (Å²) in [7, 11) is 0. The Bertz CT molecular complexity index is 431. The van der Waals surface area contributed by atoms with E-state index in [0.717, 1.165) is 0 Å². The van der Waals surface area contributed by atoms with Gasteiger partial charge in [-0.1, -0.05) is 11.6 Å². The van der Waals surface area contributed by atoms with Crippen molar-refractivity contribution in [3.8, 4) is 5.75 Å². The van der Waals surface area contributed by atoms with E-state index in [4.69, 9.17) is 27.9 Å². The molecular weight excluding hydrogens is 267 g/mol. The van der Waals surface area contributed by atoms with E-state index in [1.165, 1.54) is 18.2 Å². The van der Waals surface area contributed by atoms with Crippen molar-refractivity contribution in [2.75, 3.05) is 13.2 Å². The Hall–Kier alpha value is -1.26. The van der Waals surface area contributed by atoms with Gasteiger partial charge in [-0.15, -0.1) is 0 Å². The molecule has 0 saturated heterocycles. The van der Waals surface area contributed by atoms with Crippen LogP contribution in [0.3, 0.4) is 0 Å². The smallest absolute Gasteiger partial charge is 0.344 e. The molecule has 0 spiro atoms. The zero-order valence-electron chi connectivity index (χ0n) is 9.04. The van der Waals surface area contributed by atoms with Crippen LogP contribution in [0, 0.1) is 0 Å². The number of hydrogen-bond acceptors (Lipinski definition) is 4. The van der Waals surface area contributed by atoms with Gasteiger partial charge in [0.05, 0.1) is 17.2 Å². The molecule has 1 aromatic carbocycles. The molecule has 0 saturated carbocycles. The second-order valence-corrected chi connectivity index (χ2v) is 3.76. The Morgan fingerprint density at radius 3 is 2.59 bits per heavy atom. The highest BCUT2D eigenvalue weighted by Crippen LogP contribution is 2.23. The number of esters is 1.